The normalized spacial score (nSPS) is 13.1. The molecule has 0 aliphatic carbocycles. The molecule has 1 unspecified atom stereocenters. The van der Waals surface area contributed by atoms with Gasteiger partial charge in [0.25, 0.3) is 0 Å². The summed E-state index contributed by atoms with van der Waals surface area (Å²) in [6.07, 6.45) is 3.26. The van der Waals surface area contributed by atoms with Gasteiger partial charge in [-0.15, -0.1) is 0 Å². The highest BCUT2D eigenvalue weighted by Crippen LogP contribution is 2.15. The molecule has 4 heteroatoms. The predicted octanol–water partition coefficient (Wildman–Crippen LogP) is 1.81. The third-order valence-electron chi connectivity index (χ3n) is 3.00. The van der Waals surface area contributed by atoms with Crippen LogP contribution in [0.2, 0.25) is 0 Å². The van der Waals surface area contributed by atoms with Crippen molar-refractivity contribution in [2.24, 2.45) is 0 Å². The second kappa shape index (κ2) is 5.80. The van der Waals surface area contributed by atoms with Gasteiger partial charge in [0.1, 0.15) is 0 Å². The van der Waals surface area contributed by atoms with Gasteiger partial charge in [-0.05, 0) is 24.9 Å². The number of hydrogen-bond donors (Lipinski definition) is 3. The number of aromatic amines is 1. The fourth-order valence-corrected chi connectivity index (χ4v) is 1.87. The molecule has 0 amide bonds. The quantitative estimate of drug-likeness (QED) is 0.667. The number of H-pyrrole nitrogens is 1. The van der Waals surface area contributed by atoms with Gasteiger partial charge in [0.15, 0.2) is 0 Å². The minimum atomic E-state index is -0.189. The first kappa shape index (κ1) is 12.1. The summed E-state index contributed by atoms with van der Waals surface area (Å²) in [7, 11) is 0. The monoisotopic (exact) mass is 233 g/mol. The van der Waals surface area contributed by atoms with E-state index in [1.54, 1.807) is 0 Å². The van der Waals surface area contributed by atoms with Crippen molar-refractivity contribution >= 4 is 10.9 Å². The summed E-state index contributed by atoms with van der Waals surface area (Å²) in [6.45, 7) is 3.63. The predicted molar refractivity (Wildman–Crippen MR) is 68.7 cm³/mol. The SMILES string of the molecule is CCC(O)CCNCc1cccc2cn[nH]c12. The van der Waals surface area contributed by atoms with E-state index in [4.69, 9.17) is 0 Å². The van der Waals surface area contributed by atoms with Crippen LogP contribution in [0, 0.1) is 0 Å². The van der Waals surface area contributed by atoms with Crippen LogP contribution in [-0.2, 0) is 6.54 Å². The number of benzene rings is 1. The number of aromatic nitrogens is 2. The van der Waals surface area contributed by atoms with E-state index in [9.17, 15) is 5.11 Å². The Morgan fingerprint density at radius 2 is 2.35 bits per heavy atom. The smallest absolute Gasteiger partial charge is 0.0695 e. The van der Waals surface area contributed by atoms with Gasteiger partial charge in [-0.3, -0.25) is 5.10 Å². The molecule has 0 spiro atoms. The van der Waals surface area contributed by atoms with Crippen LogP contribution < -0.4 is 5.32 Å². The molecule has 0 saturated carbocycles. The highest BCUT2D eigenvalue weighted by Gasteiger charge is 2.03. The molecule has 0 aliphatic heterocycles. The molecule has 1 heterocycles. The molecule has 2 rings (SSSR count). The summed E-state index contributed by atoms with van der Waals surface area (Å²) in [5.41, 5.74) is 2.31. The molecule has 2 aromatic rings. The van der Waals surface area contributed by atoms with Crippen molar-refractivity contribution in [1.82, 2.24) is 15.5 Å². The molecule has 4 nitrogen and oxygen atoms in total. The molecule has 17 heavy (non-hydrogen) atoms. The highest BCUT2D eigenvalue weighted by atomic mass is 16.3. The first-order chi connectivity index (χ1) is 8.31. The Balaban J connectivity index is 1.88. The summed E-state index contributed by atoms with van der Waals surface area (Å²) in [6, 6.07) is 6.17. The van der Waals surface area contributed by atoms with E-state index >= 15 is 0 Å². The number of aliphatic hydroxyl groups is 1. The largest absolute Gasteiger partial charge is 0.393 e. The van der Waals surface area contributed by atoms with Crippen LogP contribution >= 0.6 is 0 Å². The third kappa shape index (κ3) is 3.05. The number of nitrogens with one attached hydrogen (secondary N) is 2. The summed E-state index contributed by atoms with van der Waals surface area (Å²) in [5, 5.41) is 21.0. The fourth-order valence-electron chi connectivity index (χ4n) is 1.87. The van der Waals surface area contributed by atoms with E-state index in [0.29, 0.717) is 0 Å². The van der Waals surface area contributed by atoms with E-state index in [1.165, 1.54) is 5.56 Å². The van der Waals surface area contributed by atoms with Crippen molar-refractivity contribution in [2.75, 3.05) is 6.54 Å². The zero-order valence-electron chi connectivity index (χ0n) is 10.1. The number of para-hydroxylation sites is 1. The van der Waals surface area contributed by atoms with E-state index < -0.39 is 0 Å². The maximum Gasteiger partial charge on any atom is 0.0695 e. The minimum absolute atomic E-state index is 0.189. The molecule has 0 aliphatic rings. The Morgan fingerprint density at radius 3 is 3.18 bits per heavy atom. The van der Waals surface area contributed by atoms with Crippen molar-refractivity contribution in [3.63, 3.8) is 0 Å². The van der Waals surface area contributed by atoms with Gasteiger partial charge in [0.2, 0.25) is 0 Å². The second-order valence-electron chi connectivity index (χ2n) is 4.28. The Kier molecular flexibility index (Phi) is 4.12. The van der Waals surface area contributed by atoms with Crippen molar-refractivity contribution in [3.05, 3.63) is 30.0 Å². The summed E-state index contributed by atoms with van der Waals surface area (Å²) < 4.78 is 0. The number of fused-ring (bicyclic) bond motifs is 1. The van der Waals surface area contributed by atoms with Gasteiger partial charge >= 0.3 is 0 Å². The Labute approximate surface area is 101 Å². The van der Waals surface area contributed by atoms with E-state index in [1.807, 2.05) is 25.3 Å². The van der Waals surface area contributed by atoms with E-state index in [2.05, 4.69) is 21.6 Å². The molecule has 0 saturated heterocycles. The van der Waals surface area contributed by atoms with Gasteiger partial charge in [0.05, 0.1) is 17.8 Å². The first-order valence-electron chi connectivity index (χ1n) is 6.11. The lowest BCUT2D eigenvalue weighted by atomic mass is 10.1. The van der Waals surface area contributed by atoms with Crippen molar-refractivity contribution in [3.8, 4) is 0 Å². The first-order valence-corrected chi connectivity index (χ1v) is 6.11. The topological polar surface area (TPSA) is 60.9 Å². The van der Waals surface area contributed by atoms with Crippen LogP contribution in [0.15, 0.2) is 24.4 Å². The molecular weight excluding hydrogens is 214 g/mol. The molecular formula is C13H19N3O. The van der Waals surface area contributed by atoms with Crippen LogP contribution in [-0.4, -0.2) is 28.0 Å². The van der Waals surface area contributed by atoms with Gasteiger partial charge in [0, 0.05) is 11.9 Å². The average molecular weight is 233 g/mol. The van der Waals surface area contributed by atoms with Crippen LogP contribution in [0.1, 0.15) is 25.3 Å². The summed E-state index contributed by atoms with van der Waals surface area (Å²) in [4.78, 5) is 0. The molecule has 1 aromatic heterocycles. The Bertz CT molecular complexity index is 466. The fraction of sp³-hybridized carbons (Fsp3) is 0.462. The number of hydrogen-bond acceptors (Lipinski definition) is 3. The van der Waals surface area contributed by atoms with Crippen LogP contribution in [0.25, 0.3) is 10.9 Å². The number of nitrogens with zero attached hydrogens (tertiary/aromatic N) is 1. The molecule has 0 fully saturated rings. The number of aliphatic hydroxyl groups excluding tert-OH is 1. The number of rotatable bonds is 6. The van der Waals surface area contributed by atoms with Gasteiger partial charge in [-0.1, -0.05) is 25.1 Å². The molecule has 1 aromatic carbocycles. The molecule has 0 radical (unpaired) electrons. The summed E-state index contributed by atoms with van der Waals surface area (Å²) in [5.74, 6) is 0. The van der Waals surface area contributed by atoms with Crippen molar-refractivity contribution in [1.29, 1.82) is 0 Å². The van der Waals surface area contributed by atoms with Crippen LogP contribution in [0.4, 0.5) is 0 Å². The molecule has 0 bridgehead atoms. The van der Waals surface area contributed by atoms with Crippen molar-refractivity contribution < 1.29 is 5.11 Å². The Morgan fingerprint density at radius 1 is 1.47 bits per heavy atom. The van der Waals surface area contributed by atoms with Gasteiger partial charge in [-0.2, -0.15) is 5.10 Å². The molecule has 92 valence electrons. The highest BCUT2D eigenvalue weighted by molar-refractivity contribution is 5.81. The molecule has 3 N–H and O–H groups in total. The minimum Gasteiger partial charge on any atom is -0.393 e. The standard InChI is InChI=1S/C13H19N3O/c1-2-12(17)6-7-14-8-10-4-3-5-11-9-15-16-13(10)11/h3-5,9,12,14,17H,2,6-8H2,1H3,(H,15,16). The maximum absolute atomic E-state index is 9.44. The summed E-state index contributed by atoms with van der Waals surface area (Å²) >= 11 is 0. The lowest BCUT2D eigenvalue weighted by molar-refractivity contribution is 0.159. The van der Waals surface area contributed by atoms with E-state index in [0.717, 1.165) is 36.8 Å². The molecule has 1 atom stereocenters. The third-order valence-corrected chi connectivity index (χ3v) is 3.00. The zero-order chi connectivity index (χ0) is 12.1. The Hall–Kier alpha value is -1.39. The van der Waals surface area contributed by atoms with Gasteiger partial charge in [-0.25, -0.2) is 0 Å². The van der Waals surface area contributed by atoms with Crippen LogP contribution in [0.3, 0.4) is 0 Å². The van der Waals surface area contributed by atoms with Gasteiger partial charge < -0.3 is 10.4 Å². The lowest BCUT2D eigenvalue weighted by Gasteiger charge is -2.09. The zero-order valence-corrected chi connectivity index (χ0v) is 10.1. The average Bonchev–Trinajstić information content (AvgIpc) is 2.83. The lowest BCUT2D eigenvalue weighted by Crippen LogP contribution is -2.19. The second-order valence-corrected chi connectivity index (χ2v) is 4.28. The van der Waals surface area contributed by atoms with E-state index in [-0.39, 0.29) is 6.10 Å². The van der Waals surface area contributed by atoms with Crippen molar-refractivity contribution in [2.45, 2.75) is 32.4 Å². The van der Waals surface area contributed by atoms with Crippen LogP contribution in [0.5, 0.6) is 0 Å². The maximum atomic E-state index is 9.44.